The highest BCUT2D eigenvalue weighted by atomic mass is 16.3. The van der Waals surface area contributed by atoms with Crippen molar-refractivity contribution < 1.29 is 5.11 Å². The van der Waals surface area contributed by atoms with Gasteiger partial charge in [0.15, 0.2) is 0 Å². The van der Waals surface area contributed by atoms with Crippen LogP contribution in [-0.4, -0.2) is 11.2 Å². The zero-order valence-electron chi connectivity index (χ0n) is 7.33. The van der Waals surface area contributed by atoms with Gasteiger partial charge in [0.05, 0.1) is 6.10 Å². The Morgan fingerprint density at radius 1 is 1.00 bits per heavy atom. The van der Waals surface area contributed by atoms with Crippen LogP contribution in [0.3, 0.4) is 0 Å². The fraction of sp³-hybridized carbons (Fsp3) is 0.778. The SMILES string of the molecule is CC(C)/C=C\C(O)C(C)C. The van der Waals surface area contributed by atoms with Gasteiger partial charge < -0.3 is 5.11 Å². The first-order valence-electron chi connectivity index (χ1n) is 3.90. The third kappa shape index (κ3) is 4.57. The van der Waals surface area contributed by atoms with Crippen molar-refractivity contribution in [1.82, 2.24) is 0 Å². The van der Waals surface area contributed by atoms with E-state index in [0.717, 1.165) is 0 Å². The second-order valence-electron chi connectivity index (χ2n) is 3.36. The van der Waals surface area contributed by atoms with Crippen LogP contribution in [0.1, 0.15) is 27.7 Å². The molecule has 0 saturated carbocycles. The van der Waals surface area contributed by atoms with Crippen LogP contribution in [0.15, 0.2) is 12.2 Å². The number of allylic oxidation sites excluding steroid dienone is 1. The van der Waals surface area contributed by atoms with Gasteiger partial charge >= 0.3 is 0 Å². The fourth-order valence-corrected chi connectivity index (χ4v) is 0.558. The molecule has 0 amide bonds. The van der Waals surface area contributed by atoms with Gasteiger partial charge in [0, 0.05) is 0 Å². The van der Waals surface area contributed by atoms with Crippen molar-refractivity contribution in [1.29, 1.82) is 0 Å². The highest BCUT2D eigenvalue weighted by Crippen LogP contribution is 2.04. The van der Waals surface area contributed by atoms with Crippen LogP contribution < -0.4 is 0 Å². The summed E-state index contributed by atoms with van der Waals surface area (Å²) in [6.45, 7) is 8.22. The number of hydrogen-bond acceptors (Lipinski definition) is 1. The molecular formula is C9H18O. The van der Waals surface area contributed by atoms with Gasteiger partial charge in [0.2, 0.25) is 0 Å². The largest absolute Gasteiger partial charge is 0.389 e. The number of hydrogen-bond donors (Lipinski definition) is 1. The Morgan fingerprint density at radius 3 is 1.80 bits per heavy atom. The van der Waals surface area contributed by atoms with E-state index >= 15 is 0 Å². The topological polar surface area (TPSA) is 20.2 Å². The Kier molecular flexibility index (Phi) is 4.37. The monoisotopic (exact) mass is 142 g/mol. The van der Waals surface area contributed by atoms with E-state index in [-0.39, 0.29) is 6.10 Å². The molecular weight excluding hydrogens is 124 g/mol. The van der Waals surface area contributed by atoms with Crippen molar-refractivity contribution >= 4 is 0 Å². The van der Waals surface area contributed by atoms with E-state index in [2.05, 4.69) is 13.8 Å². The van der Waals surface area contributed by atoms with Crippen LogP contribution >= 0.6 is 0 Å². The minimum atomic E-state index is -0.276. The maximum absolute atomic E-state index is 9.29. The summed E-state index contributed by atoms with van der Waals surface area (Å²) < 4.78 is 0. The minimum absolute atomic E-state index is 0.276. The molecule has 0 aliphatic heterocycles. The normalized spacial score (nSPS) is 15.5. The van der Waals surface area contributed by atoms with Gasteiger partial charge in [0.25, 0.3) is 0 Å². The molecule has 0 aliphatic carbocycles. The molecule has 0 heterocycles. The molecule has 1 atom stereocenters. The Labute approximate surface area is 63.8 Å². The molecule has 0 fully saturated rings. The van der Waals surface area contributed by atoms with Gasteiger partial charge in [-0.1, -0.05) is 39.8 Å². The molecule has 0 radical (unpaired) electrons. The molecule has 0 aromatic carbocycles. The average Bonchev–Trinajstić information content (AvgIpc) is 1.82. The summed E-state index contributed by atoms with van der Waals surface area (Å²) in [5, 5.41) is 9.29. The van der Waals surface area contributed by atoms with Crippen LogP contribution in [0.25, 0.3) is 0 Å². The molecule has 1 heteroatoms. The predicted molar refractivity (Wildman–Crippen MR) is 44.8 cm³/mol. The lowest BCUT2D eigenvalue weighted by molar-refractivity contribution is 0.171. The van der Waals surface area contributed by atoms with Gasteiger partial charge in [-0.25, -0.2) is 0 Å². The summed E-state index contributed by atoms with van der Waals surface area (Å²) >= 11 is 0. The summed E-state index contributed by atoms with van der Waals surface area (Å²) in [6, 6.07) is 0. The van der Waals surface area contributed by atoms with Crippen molar-refractivity contribution in [2.75, 3.05) is 0 Å². The summed E-state index contributed by atoms with van der Waals surface area (Å²) in [7, 11) is 0. The number of aliphatic hydroxyl groups is 1. The predicted octanol–water partition coefficient (Wildman–Crippen LogP) is 2.22. The van der Waals surface area contributed by atoms with Gasteiger partial charge in [-0.15, -0.1) is 0 Å². The Bertz CT molecular complexity index is 103. The van der Waals surface area contributed by atoms with E-state index in [1.807, 2.05) is 26.0 Å². The minimum Gasteiger partial charge on any atom is -0.389 e. The van der Waals surface area contributed by atoms with Crippen molar-refractivity contribution in [2.45, 2.75) is 33.8 Å². The third-order valence-electron chi connectivity index (χ3n) is 1.38. The second-order valence-corrected chi connectivity index (χ2v) is 3.36. The van der Waals surface area contributed by atoms with Gasteiger partial charge in [-0.3, -0.25) is 0 Å². The zero-order valence-corrected chi connectivity index (χ0v) is 7.33. The molecule has 0 aromatic heterocycles. The smallest absolute Gasteiger partial charge is 0.0743 e. The Morgan fingerprint density at radius 2 is 1.50 bits per heavy atom. The molecule has 0 saturated heterocycles. The number of aliphatic hydroxyl groups excluding tert-OH is 1. The molecule has 0 bridgehead atoms. The lowest BCUT2D eigenvalue weighted by Crippen LogP contribution is -2.10. The quantitative estimate of drug-likeness (QED) is 0.599. The molecule has 10 heavy (non-hydrogen) atoms. The van der Waals surface area contributed by atoms with E-state index < -0.39 is 0 Å². The fourth-order valence-electron chi connectivity index (χ4n) is 0.558. The van der Waals surface area contributed by atoms with Crippen molar-refractivity contribution in [3.05, 3.63) is 12.2 Å². The van der Waals surface area contributed by atoms with Gasteiger partial charge in [-0.2, -0.15) is 0 Å². The second kappa shape index (κ2) is 4.51. The molecule has 60 valence electrons. The van der Waals surface area contributed by atoms with Crippen LogP contribution in [0.5, 0.6) is 0 Å². The molecule has 0 aromatic rings. The van der Waals surface area contributed by atoms with Crippen molar-refractivity contribution in [2.24, 2.45) is 11.8 Å². The van der Waals surface area contributed by atoms with Crippen LogP contribution in [0.4, 0.5) is 0 Å². The van der Waals surface area contributed by atoms with Gasteiger partial charge in [0.1, 0.15) is 0 Å². The molecule has 1 nitrogen and oxygen atoms in total. The Hall–Kier alpha value is -0.300. The summed E-state index contributed by atoms with van der Waals surface area (Å²) in [5.74, 6) is 0.864. The Balaban J connectivity index is 3.66. The third-order valence-corrected chi connectivity index (χ3v) is 1.38. The summed E-state index contributed by atoms with van der Waals surface area (Å²) in [5.41, 5.74) is 0. The number of rotatable bonds is 3. The first-order chi connectivity index (χ1) is 4.54. The van der Waals surface area contributed by atoms with E-state index in [4.69, 9.17) is 0 Å². The van der Waals surface area contributed by atoms with Crippen LogP contribution in [0, 0.1) is 11.8 Å². The standard InChI is InChI=1S/C9H18O/c1-7(2)5-6-9(10)8(3)4/h5-10H,1-4H3/b6-5-. The molecule has 0 spiro atoms. The van der Waals surface area contributed by atoms with E-state index in [0.29, 0.717) is 11.8 Å². The average molecular weight is 142 g/mol. The van der Waals surface area contributed by atoms with E-state index in [1.54, 1.807) is 0 Å². The maximum atomic E-state index is 9.29. The lowest BCUT2D eigenvalue weighted by atomic mass is 10.1. The first-order valence-corrected chi connectivity index (χ1v) is 3.90. The summed E-state index contributed by atoms with van der Waals surface area (Å²) in [6.07, 6.45) is 3.63. The summed E-state index contributed by atoms with van der Waals surface area (Å²) in [4.78, 5) is 0. The molecule has 0 aliphatic rings. The highest BCUT2D eigenvalue weighted by Gasteiger charge is 2.03. The van der Waals surface area contributed by atoms with Crippen molar-refractivity contribution in [3.8, 4) is 0 Å². The van der Waals surface area contributed by atoms with Gasteiger partial charge in [-0.05, 0) is 11.8 Å². The van der Waals surface area contributed by atoms with E-state index in [1.165, 1.54) is 0 Å². The lowest BCUT2D eigenvalue weighted by Gasteiger charge is -2.08. The molecule has 1 N–H and O–H groups in total. The van der Waals surface area contributed by atoms with E-state index in [9.17, 15) is 5.11 Å². The van der Waals surface area contributed by atoms with Crippen LogP contribution in [0.2, 0.25) is 0 Å². The highest BCUT2D eigenvalue weighted by molar-refractivity contribution is 4.91. The molecule has 0 rings (SSSR count). The maximum Gasteiger partial charge on any atom is 0.0743 e. The molecule has 1 unspecified atom stereocenters. The first kappa shape index (κ1) is 9.70. The van der Waals surface area contributed by atoms with Crippen LogP contribution in [-0.2, 0) is 0 Å². The zero-order chi connectivity index (χ0) is 8.15. The van der Waals surface area contributed by atoms with Crippen molar-refractivity contribution in [3.63, 3.8) is 0 Å².